The van der Waals surface area contributed by atoms with Crippen molar-refractivity contribution in [2.45, 2.75) is 51.9 Å². The molecule has 0 aromatic heterocycles. The lowest BCUT2D eigenvalue weighted by atomic mass is 10.1. The second kappa shape index (κ2) is 7.87. The predicted molar refractivity (Wildman–Crippen MR) is 83.7 cm³/mol. The maximum atomic E-state index is 14.0. The molecule has 21 heavy (non-hydrogen) atoms. The summed E-state index contributed by atoms with van der Waals surface area (Å²) in [5.41, 5.74) is 1.92. The van der Waals surface area contributed by atoms with Gasteiger partial charge in [-0.15, -0.1) is 0 Å². The van der Waals surface area contributed by atoms with Gasteiger partial charge in [-0.3, -0.25) is 4.90 Å². The van der Waals surface area contributed by atoms with E-state index in [1.54, 1.807) is 6.07 Å². The monoisotopic (exact) mass is 294 g/mol. The Hall–Kier alpha value is -0.970. The predicted octanol–water partition coefficient (Wildman–Crippen LogP) is 2.93. The summed E-state index contributed by atoms with van der Waals surface area (Å²) in [6.45, 7) is 7.30. The molecule has 1 saturated heterocycles. The van der Waals surface area contributed by atoms with Crippen molar-refractivity contribution in [2.75, 3.05) is 20.3 Å². The Morgan fingerprint density at radius 2 is 2.05 bits per heavy atom. The van der Waals surface area contributed by atoms with Crippen LogP contribution in [0.15, 0.2) is 18.2 Å². The molecule has 1 heterocycles. The molecule has 1 aliphatic rings. The molecule has 0 amide bonds. The van der Waals surface area contributed by atoms with Crippen LogP contribution in [0.4, 0.5) is 4.39 Å². The van der Waals surface area contributed by atoms with Gasteiger partial charge in [0.15, 0.2) is 0 Å². The molecule has 3 nitrogen and oxygen atoms in total. The molecule has 1 aliphatic heterocycles. The van der Waals surface area contributed by atoms with Crippen molar-refractivity contribution in [3.8, 4) is 0 Å². The summed E-state index contributed by atoms with van der Waals surface area (Å²) in [6, 6.07) is 6.37. The van der Waals surface area contributed by atoms with E-state index in [2.05, 4.69) is 31.1 Å². The summed E-state index contributed by atoms with van der Waals surface area (Å²) >= 11 is 0. The van der Waals surface area contributed by atoms with Crippen LogP contribution < -0.4 is 5.32 Å². The van der Waals surface area contributed by atoms with Crippen molar-refractivity contribution < 1.29 is 9.13 Å². The first-order valence-corrected chi connectivity index (χ1v) is 7.85. The number of halogens is 1. The van der Waals surface area contributed by atoms with Gasteiger partial charge in [0.25, 0.3) is 0 Å². The van der Waals surface area contributed by atoms with Gasteiger partial charge in [0.05, 0.1) is 0 Å². The summed E-state index contributed by atoms with van der Waals surface area (Å²) in [6.07, 6.45) is 2.07. The molecule has 2 rings (SSSR count). The number of nitrogens with zero attached hydrogens (tertiary/aromatic N) is 1. The molecule has 1 aromatic carbocycles. The average molecular weight is 294 g/mol. The summed E-state index contributed by atoms with van der Waals surface area (Å²) in [4.78, 5) is 2.25. The summed E-state index contributed by atoms with van der Waals surface area (Å²) < 4.78 is 19.4. The largest absolute Gasteiger partial charge is 0.381 e. The lowest BCUT2D eigenvalue weighted by molar-refractivity contribution is 0.0404. The van der Waals surface area contributed by atoms with Gasteiger partial charge in [0.1, 0.15) is 5.82 Å². The SMILES string of the molecule is CC(C)NCc1ccc(F)c(CN(C)C2CCOCC2)c1. The summed E-state index contributed by atoms with van der Waals surface area (Å²) in [5.74, 6) is -0.109. The third kappa shape index (κ3) is 5.06. The van der Waals surface area contributed by atoms with Gasteiger partial charge >= 0.3 is 0 Å². The zero-order valence-electron chi connectivity index (χ0n) is 13.4. The number of benzene rings is 1. The number of hydrogen-bond donors (Lipinski definition) is 1. The first-order chi connectivity index (χ1) is 10.1. The lowest BCUT2D eigenvalue weighted by Gasteiger charge is -2.31. The molecule has 0 aliphatic carbocycles. The Balaban J connectivity index is 1.98. The highest BCUT2D eigenvalue weighted by atomic mass is 19.1. The second-order valence-corrected chi connectivity index (χ2v) is 6.22. The van der Waals surface area contributed by atoms with E-state index in [-0.39, 0.29) is 5.82 Å². The van der Waals surface area contributed by atoms with Gasteiger partial charge in [-0.1, -0.05) is 26.0 Å². The highest BCUT2D eigenvalue weighted by Gasteiger charge is 2.19. The Morgan fingerprint density at radius 1 is 1.33 bits per heavy atom. The van der Waals surface area contributed by atoms with Crippen molar-refractivity contribution in [3.63, 3.8) is 0 Å². The van der Waals surface area contributed by atoms with E-state index in [0.717, 1.165) is 43.7 Å². The maximum absolute atomic E-state index is 14.0. The number of nitrogens with one attached hydrogen (secondary N) is 1. The average Bonchev–Trinajstić information content (AvgIpc) is 2.48. The second-order valence-electron chi connectivity index (χ2n) is 6.22. The van der Waals surface area contributed by atoms with Gasteiger partial charge in [0.2, 0.25) is 0 Å². The molecule has 0 bridgehead atoms. The molecule has 0 spiro atoms. The van der Waals surface area contributed by atoms with E-state index in [9.17, 15) is 4.39 Å². The van der Waals surface area contributed by atoms with Gasteiger partial charge in [-0.25, -0.2) is 4.39 Å². The third-order valence-electron chi connectivity index (χ3n) is 4.06. The van der Waals surface area contributed by atoms with Crippen LogP contribution >= 0.6 is 0 Å². The smallest absolute Gasteiger partial charge is 0.127 e. The zero-order valence-corrected chi connectivity index (χ0v) is 13.4. The van der Waals surface area contributed by atoms with Crippen LogP contribution in [-0.2, 0) is 17.8 Å². The molecule has 1 aromatic rings. The molecule has 118 valence electrons. The number of hydrogen-bond acceptors (Lipinski definition) is 3. The number of rotatable bonds is 6. The van der Waals surface area contributed by atoms with Crippen LogP contribution in [-0.4, -0.2) is 37.2 Å². The van der Waals surface area contributed by atoms with Gasteiger partial charge in [-0.05, 0) is 31.5 Å². The van der Waals surface area contributed by atoms with Crippen molar-refractivity contribution in [1.29, 1.82) is 0 Å². The van der Waals surface area contributed by atoms with E-state index in [0.29, 0.717) is 18.6 Å². The quantitative estimate of drug-likeness (QED) is 0.873. The molecule has 0 atom stereocenters. The minimum atomic E-state index is -0.109. The molecule has 1 fully saturated rings. The highest BCUT2D eigenvalue weighted by molar-refractivity contribution is 5.25. The van der Waals surface area contributed by atoms with E-state index in [4.69, 9.17) is 4.74 Å². The van der Waals surface area contributed by atoms with Crippen LogP contribution in [0.2, 0.25) is 0 Å². The van der Waals surface area contributed by atoms with Crippen molar-refractivity contribution in [2.24, 2.45) is 0 Å². The Labute approximate surface area is 127 Å². The highest BCUT2D eigenvalue weighted by Crippen LogP contribution is 2.18. The maximum Gasteiger partial charge on any atom is 0.127 e. The Bertz CT molecular complexity index is 444. The summed E-state index contributed by atoms with van der Waals surface area (Å²) in [7, 11) is 2.08. The van der Waals surface area contributed by atoms with Crippen LogP contribution in [0.25, 0.3) is 0 Å². The van der Waals surface area contributed by atoms with Crippen molar-refractivity contribution in [3.05, 3.63) is 35.1 Å². The Kier molecular flexibility index (Phi) is 6.15. The molecular formula is C17H27FN2O. The molecule has 0 saturated carbocycles. The van der Waals surface area contributed by atoms with E-state index < -0.39 is 0 Å². The third-order valence-corrected chi connectivity index (χ3v) is 4.06. The molecule has 0 radical (unpaired) electrons. The normalized spacial score (nSPS) is 16.9. The van der Waals surface area contributed by atoms with E-state index in [1.165, 1.54) is 0 Å². The lowest BCUT2D eigenvalue weighted by Crippen LogP contribution is -2.36. The van der Waals surface area contributed by atoms with Crippen LogP contribution in [0, 0.1) is 5.82 Å². The van der Waals surface area contributed by atoms with Gasteiger partial charge in [0, 0.05) is 44.0 Å². The first-order valence-electron chi connectivity index (χ1n) is 7.85. The Morgan fingerprint density at radius 3 is 2.71 bits per heavy atom. The van der Waals surface area contributed by atoms with Crippen LogP contribution in [0.1, 0.15) is 37.8 Å². The van der Waals surface area contributed by atoms with Crippen molar-refractivity contribution in [1.82, 2.24) is 10.2 Å². The first kappa shape index (κ1) is 16.4. The molecule has 1 N–H and O–H groups in total. The minimum Gasteiger partial charge on any atom is -0.381 e. The number of ether oxygens (including phenoxy) is 1. The fourth-order valence-electron chi connectivity index (χ4n) is 2.70. The fourth-order valence-corrected chi connectivity index (χ4v) is 2.70. The van der Waals surface area contributed by atoms with E-state index in [1.807, 2.05) is 12.1 Å². The molecule has 0 unspecified atom stereocenters. The fraction of sp³-hybridized carbons (Fsp3) is 0.647. The van der Waals surface area contributed by atoms with Gasteiger partial charge < -0.3 is 10.1 Å². The molecular weight excluding hydrogens is 267 g/mol. The zero-order chi connectivity index (χ0) is 15.2. The summed E-state index contributed by atoms with van der Waals surface area (Å²) in [5, 5.41) is 3.37. The van der Waals surface area contributed by atoms with Crippen molar-refractivity contribution >= 4 is 0 Å². The van der Waals surface area contributed by atoms with Gasteiger partial charge in [-0.2, -0.15) is 0 Å². The standard InChI is InChI=1S/C17H27FN2O/c1-13(2)19-11-14-4-5-17(18)15(10-14)12-20(3)16-6-8-21-9-7-16/h4-5,10,13,16,19H,6-9,11-12H2,1-3H3. The minimum absolute atomic E-state index is 0.109. The topological polar surface area (TPSA) is 24.5 Å². The van der Waals surface area contributed by atoms with Crippen LogP contribution in [0.5, 0.6) is 0 Å². The molecule has 4 heteroatoms. The van der Waals surface area contributed by atoms with E-state index >= 15 is 0 Å². The van der Waals surface area contributed by atoms with Crippen LogP contribution in [0.3, 0.4) is 0 Å².